The van der Waals surface area contributed by atoms with Crippen LogP contribution in [0.5, 0.6) is 0 Å². The molecule has 120 valence electrons. The van der Waals surface area contributed by atoms with Gasteiger partial charge in [-0.1, -0.05) is 18.2 Å². The average molecular weight is 381 g/mol. The molecule has 3 rings (SSSR count). The van der Waals surface area contributed by atoms with Crippen LogP contribution in [-0.2, 0) is 0 Å². The molecule has 1 amide bonds. The summed E-state index contributed by atoms with van der Waals surface area (Å²) in [7, 11) is 0. The van der Waals surface area contributed by atoms with E-state index in [1.54, 1.807) is 0 Å². The Labute approximate surface area is 141 Å². The van der Waals surface area contributed by atoms with Gasteiger partial charge in [0.05, 0.1) is 5.69 Å². The summed E-state index contributed by atoms with van der Waals surface area (Å²) in [6, 6.07) is 11.1. The van der Waals surface area contributed by atoms with E-state index in [2.05, 4.69) is 26.1 Å². The molecule has 0 aliphatic carbocycles. The molecule has 0 radical (unpaired) electrons. The highest BCUT2D eigenvalue weighted by atomic mass is 79.9. The van der Waals surface area contributed by atoms with Gasteiger partial charge in [0.25, 0.3) is 5.91 Å². The van der Waals surface area contributed by atoms with Crippen molar-refractivity contribution in [2.75, 3.05) is 18.0 Å². The number of hydrogen-bond acceptors (Lipinski definition) is 2. The zero-order valence-corrected chi connectivity index (χ0v) is 13.8. The van der Waals surface area contributed by atoms with Crippen LogP contribution < -0.4 is 10.2 Å². The van der Waals surface area contributed by atoms with Gasteiger partial charge in [-0.05, 0) is 46.6 Å². The van der Waals surface area contributed by atoms with E-state index in [0.717, 1.165) is 35.3 Å². The molecule has 1 unspecified atom stereocenters. The average Bonchev–Trinajstić information content (AvgIpc) is 2.95. The lowest BCUT2D eigenvalue weighted by Crippen LogP contribution is -2.38. The fourth-order valence-electron chi connectivity index (χ4n) is 2.78. The topological polar surface area (TPSA) is 32.3 Å². The molecule has 2 aromatic carbocycles. The number of hydrogen-bond donors (Lipinski definition) is 1. The number of anilines is 1. The van der Waals surface area contributed by atoms with Crippen LogP contribution in [0.25, 0.3) is 0 Å². The normalized spacial score (nSPS) is 17.3. The van der Waals surface area contributed by atoms with Crippen LogP contribution in [0, 0.1) is 11.6 Å². The number of carbonyl (C=O) groups is 1. The Morgan fingerprint density at radius 3 is 2.52 bits per heavy atom. The fourth-order valence-corrected chi connectivity index (χ4v) is 3.31. The van der Waals surface area contributed by atoms with E-state index in [9.17, 15) is 13.6 Å². The van der Waals surface area contributed by atoms with Gasteiger partial charge in [0.2, 0.25) is 0 Å². The Kier molecular flexibility index (Phi) is 4.61. The highest BCUT2D eigenvalue weighted by molar-refractivity contribution is 9.10. The van der Waals surface area contributed by atoms with Gasteiger partial charge >= 0.3 is 0 Å². The van der Waals surface area contributed by atoms with Gasteiger partial charge in [0, 0.05) is 23.6 Å². The van der Waals surface area contributed by atoms with Crippen LogP contribution in [-0.4, -0.2) is 25.0 Å². The van der Waals surface area contributed by atoms with Crippen molar-refractivity contribution < 1.29 is 13.6 Å². The maximum Gasteiger partial charge on any atom is 0.257 e. The van der Waals surface area contributed by atoms with E-state index in [1.807, 2.05) is 24.3 Å². The van der Waals surface area contributed by atoms with Crippen LogP contribution in [0.3, 0.4) is 0 Å². The molecule has 1 heterocycles. The first-order valence-corrected chi connectivity index (χ1v) is 8.10. The van der Waals surface area contributed by atoms with Crippen molar-refractivity contribution in [1.29, 1.82) is 0 Å². The second-order valence-corrected chi connectivity index (χ2v) is 6.31. The first-order valence-electron chi connectivity index (χ1n) is 7.30. The van der Waals surface area contributed by atoms with E-state index < -0.39 is 23.1 Å². The summed E-state index contributed by atoms with van der Waals surface area (Å²) in [4.78, 5) is 14.3. The molecular formula is C17H15BrF2N2O. The second-order valence-electron chi connectivity index (χ2n) is 5.45. The molecule has 1 saturated heterocycles. The maximum absolute atomic E-state index is 13.7. The van der Waals surface area contributed by atoms with Crippen molar-refractivity contribution in [2.24, 2.45) is 0 Å². The number of rotatable bonds is 3. The summed E-state index contributed by atoms with van der Waals surface area (Å²) in [5.41, 5.74) is 0.521. The van der Waals surface area contributed by atoms with Crippen molar-refractivity contribution in [3.05, 3.63) is 64.1 Å². The lowest BCUT2D eigenvalue weighted by Gasteiger charge is -2.20. The number of amides is 1. The Bertz CT molecular complexity index is 718. The lowest BCUT2D eigenvalue weighted by atomic mass is 10.1. The number of halogens is 3. The van der Waals surface area contributed by atoms with E-state index in [-0.39, 0.29) is 6.04 Å². The molecule has 0 saturated carbocycles. The fraction of sp³-hybridized carbons (Fsp3) is 0.235. The summed E-state index contributed by atoms with van der Waals surface area (Å²) < 4.78 is 28.3. The number of carbonyl (C=O) groups excluding carboxylic acids is 1. The molecule has 2 aromatic rings. The summed E-state index contributed by atoms with van der Waals surface area (Å²) in [6.45, 7) is 1.37. The molecule has 1 atom stereocenters. The second kappa shape index (κ2) is 6.66. The molecule has 0 bridgehead atoms. The molecule has 1 aliphatic heterocycles. The first kappa shape index (κ1) is 15.9. The Morgan fingerprint density at radius 1 is 1.13 bits per heavy atom. The van der Waals surface area contributed by atoms with Crippen LogP contribution in [0.2, 0.25) is 0 Å². The van der Waals surface area contributed by atoms with Gasteiger partial charge in [0.15, 0.2) is 0 Å². The highest BCUT2D eigenvalue weighted by Gasteiger charge is 2.27. The van der Waals surface area contributed by atoms with Crippen LogP contribution >= 0.6 is 15.9 Å². The third kappa shape index (κ3) is 3.37. The van der Waals surface area contributed by atoms with Gasteiger partial charge < -0.3 is 10.2 Å². The van der Waals surface area contributed by atoms with Gasteiger partial charge in [0.1, 0.15) is 17.2 Å². The molecule has 1 N–H and O–H groups in total. The largest absolute Gasteiger partial charge is 0.368 e. The third-order valence-corrected chi connectivity index (χ3v) is 4.58. The number of nitrogens with one attached hydrogen (secondary N) is 1. The molecular weight excluding hydrogens is 366 g/mol. The molecule has 1 aliphatic rings. The lowest BCUT2D eigenvalue weighted by molar-refractivity contribution is 0.0932. The van der Waals surface area contributed by atoms with E-state index >= 15 is 0 Å². The standard InChI is InChI=1S/C17H15BrF2N2O/c18-12-4-1-2-7-15(12)22-9-8-11(10-22)21-17(23)16-13(19)5-3-6-14(16)20/h1-7,11H,8-10H2,(H,21,23). The van der Waals surface area contributed by atoms with Crippen molar-refractivity contribution >= 4 is 27.5 Å². The zero-order chi connectivity index (χ0) is 16.4. The molecule has 0 spiro atoms. The molecule has 23 heavy (non-hydrogen) atoms. The number of para-hydroxylation sites is 1. The minimum atomic E-state index is -0.844. The predicted molar refractivity (Wildman–Crippen MR) is 88.6 cm³/mol. The summed E-state index contributed by atoms with van der Waals surface area (Å²) in [6.07, 6.45) is 0.725. The maximum atomic E-state index is 13.7. The van der Waals surface area contributed by atoms with Crippen LogP contribution in [0.1, 0.15) is 16.8 Å². The third-order valence-electron chi connectivity index (χ3n) is 3.91. The molecule has 6 heteroatoms. The van der Waals surface area contributed by atoms with Crippen molar-refractivity contribution in [1.82, 2.24) is 5.32 Å². The SMILES string of the molecule is O=C(NC1CCN(c2ccccc2Br)C1)c1c(F)cccc1F. The van der Waals surface area contributed by atoms with Crippen molar-refractivity contribution in [3.63, 3.8) is 0 Å². The summed E-state index contributed by atoms with van der Waals surface area (Å²) >= 11 is 3.50. The van der Waals surface area contributed by atoms with Gasteiger partial charge in [-0.2, -0.15) is 0 Å². The Morgan fingerprint density at radius 2 is 1.83 bits per heavy atom. The van der Waals surface area contributed by atoms with Crippen LogP contribution in [0.4, 0.5) is 14.5 Å². The van der Waals surface area contributed by atoms with Crippen LogP contribution in [0.15, 0.2) is 46.9 Å². The number of nitrogens with zero attached hydrogens (tertiary/aromatic N) is 1. The van der Waals surface area contributed by atoms with E-state index in [4.69, 9.17) is 0 Å². The summed E-state index contributed by atoms with van der Waals surface area (Å²) in [5.74, 6) is -2.40. The monoisotopic (exact) mass is 380 g/mol. The molecule has 1 fully saturated rings. The highest BCUT2D eigenvalue weighted by Crippen LogP contribution is 2.28. The smallest absolute Gasteiger partial charge is 0.257 e. The van der Waals surface area contributed by atoms with Crippen molar-refractivity contribution in [3.8, 4) is 0 Å². The first-order chi connectivity index (χ1) is 11.1. The summed E-state index contributed by atoms with van der Waals surface area (Å²) in [5, 5.41) is 2.72. The Hall–Kier alpha value is -1.95. The molecule has 0 aromatic heterocycles. The molecule has 3 nitrogen and oxygen atoms in total. The van der Waals surface area contributed by atoms with Gasteiger partial charge in [-0.25, -0.2) is 8.78 Å². The quantitative estimate of drug-likeness (QED) is 0.879. The minimum Gasteiger partial charge on any atom is -0.368 e. The van der Waals surface area contributed by atoms with E-state index in [1.165, 1.54) is 6.07 Å². The van der Waals surface area contributed by atoms with Gasteiger partial charge in [-0.15, -0.1) is 0 Å². The van der Waals surface area contributed by atoms with Crippen molar-refractivity contribution in [2.45, 2.75) is 12.5 Å². The van der Waals surface area contributed by atoms with Gasteiger partial charge in [-0.3, -0.25) is 4.79 Å². The minimum absolute atomic E-state index is 0.145. The Balaban J connectivity index is 1.69. The van der Waals surface area contributed by atoms with E-state index in [0.29, 0.717) is 6.54 Å². The zero-order valence-electron chi connectivity index (χ0n) is 12.2. The predicted octanol–water partition coefficient (Wildman–Crippen LogP) is 3.74. The number of benzene rings is 2.